The minimum Gasteiger partial charge on any atom is -0.293 e. The Bertz CT molecular complexity index is 441. The van der Waals surface area contributed by atoms with Crippen LogP contribution in [0.4, 0.5) is 0 Å². The molecular formula is C15H21O2P. The summed E-state index contributed by atoms with van der Waals surface area (Å²) < 4.78 is 11.2. The zero-order valence-electron chi connectivity index (χ0n) is 11.8. The van der Waals surface area contributed by atoms with Gasteiger partial charge < -0.3 is 0 Å². The molecule has 18 heavy (non-hydrogen) atoms. The van der Waals surface area contributed by atoms with Gasteiger partial charge in [0.25, 0.3) is 0 Å². The first-order valence-electron chi connectivity index (χ1n) is 6.31. The lowest BCUT2D eigenvalue weighted by Crippen LogP contribution is -2.19. The molecule has 0 aliphatic heterocycles. The lowest BCUT2D eigenvalue weighted by atomic mass is 9.93. The van der Waals surface area contributed by atoms with E-state index in [1.54, 1.807) is 0 Å². The molecule has 1 aromatic rings. The predicted molar refractivity (Wildman–Crippen MR) is 75.8 cm³/mol. The van der Waals surface area contributed by atoms with Crippen LogP contribution in [0.5, 0.6) is 0 Å². The summed E-state index contributed by atoms with van der Waals surface area (Å²) in [6.07, 6.45) is 0.663. The number of benzene rings is 1. The van der Waals surface area contributed by atoms with Crippen LogP contribution in [0, 0.1) is 26.7 Å². The first kappa shape index (κ1) is 15.0. The lowest BCUT2D eigenvalue weighted by Gasteiger charge is -2.15. The molecule has 0 saturated heterocycles. The van der Waals surface area contributed by atoms with Gasteiger partial charge in [0.15, 0.2) is 14.2 Å². The van der Waals surface area contributed by atoms with E-state index in [0.29, 0.717) is 12.3 Å². The second kappa shape index (κ2) is 6.24. The number of ketones is 1. The summed E-state index contributed by atoms with van der Waals surface area (Å²) in [5, 5.41) is 0. The molecule has 2 nitrogen and oxygen atoms in total. The fourth-order valence-corrected chi connectivity index (χ4v) is 3.11. The summed E-state index contributed by atoms with van der Waals surface area (Å²) >= 11 is 0. The molecule has 0 N–H and O–H groups in total. The van der Waals surface area contributed by atoms with Gasteiger partial charge in [-0.25, -0.2) is 0 Å². The summed E-state index contributed by atoms with van der Waals surface area (Å²) in [4.78, 5) is 12.5. The van der Waals surface area contributed by atoms with Crippen LogP contribution in [0.25, 0.3) is 0 Å². The smallest absolute Gasteiger partial charge is 0.177 e. The van der Waals surface area contributed by atoms with Crippen molar-refractivity contribution in [2.75, 3.05) is 0 Å². The number of aryl methyl sites for hydroxylation is 3. The summed E-state index contributed by atoms with van der Waals surface area (Å²) in [5.41, 5.74) is 3.45. The summed E-state index contributed by atoms with van der Waals surface area (Å²) in [6, 6.07) is 4.02. The lowest BCUT2D eigenvalue weighted by molar-refractivity contribution is 0.0979. The Kier molecular flexibility index (Phi) is 5.22. The molecule has 1 aromatic carbocycles. The van der Waals surface area contributed by atoms with E-state index in [4.69, 9.17) is 0 Å². The van der Waals surface area contributed by atoms with Crippen molar-refractivity contribution in [1.29, 1.82) is 0 Å². The van der Waals surface area contributed by atoms with Crippen molar-refractivity contribution in [3.8, 4) is 0 Å². The Morgan fingerprint density at radius 1 is 1.17 bits per heavy atom. The second-order valence-electron chi connectivity index (χ2n) is 5.39. The maximum Gasteiger partial charge on any atom is 0.177 e. The van der Waals surface area contributed by atoms with E-state index in [1.165, 1.54) is 0 Å². The standard InChI is InChI=1S/C15H21O2P/c1-9(2)6-13(18-17)15(16)14-11(4)7-10(3)8-12(14)5/h7-9,13H,6H2,1-5H3. The molecule has 0 fully saturated rings. The third kappa shape index (κ3) is 3.49. The van der Waals surface area contributed by atoms with Crippen LogP contribution in [-0.4, -0.2) is 11.4 Å². The molecule has 0 bridgehead atoms. The van der Waals surface area contributed by atoms with Gasteiger partial charge in [-0.3, -0.25) is 9.36 Å². The molecule has 1 unspecified atom stereocenters. The highest BCUT2D eigenvalue weighted by Crippen LogP contribution is 2.25. The Morgan fingerprint density at radius 3 is 2.06 bits per heavy atom. The maximum atomic E-state index is 12.5. The summed E-state index contributed by atoms with van der Waals surface area (Å²) in [6.45, 7) is 10.00. The van der Waals surface area contributed by atoms with Crippen molar-refractivity contribution in [3.63, 3.8) is 0 Å². The van der Waals surface area contributed by atoms with Gasteiger partial charge in [0.05, 0.1) is 0 Å². The van der Waals surface area contributed by atoms with Crippen LogP contribution in [0.15, 0.2) is 12.1 Å². The van der Waals surface area contributed by atoms with Crippen molar-refractivity contribution >= 4 is 14.2 Å². The fourth-order valence-electron chi connectivity index (χ4n) is 2.38. The van der Waals surface area contributed by atoms with E-state index >= 15 is 0 Å². The largest absolute Gasteiger partial charge is 0.293 e. The van der Waals surface area contributed by atoms with Gasteiger partial charge in [0.1, 0.15) is 5.66 Å². The Morgan fingerprint density at radius 2 is 1.67 bits per heavy atom. The summed E-state index contributed by atoms with van der Waals surface area (Å²) in [5.74, 6) is 0.377. The van der Waals surface area contributed by atoms with E-state index in [2.05, 4.69) is 0 Å². The second-order valence-corrected chi connectivity index (χ2v) is 6.22. The Balaban J connectivity index is 3.13. The van der Waals surface area contributed by atoms with Gasteiger partial charge in [-0.2, -0.15) is 0 Å². The number of carbonyl (C=O) groups excluding carboxylic acids is 1. The van der Waals surface area contributed by atoms with Crippen molar-refractivity contribution in [3.05, 3.63) is 34.4 Å². The molecule has 0 aliphatic rings. The maximum absolute atomic E-state index is 12.5. The highest BCUT2D eigenvalue weighted by atomic mass is 31.1. The van der Waals surface area contributed by atoms with Crippen molar-refractivity contribution in [1.82, 2.24) is 0 Å². The zero-order chi connectivity index (χ0) is 13.9. The molecule has 0 aliphatic carbocycles. The third-order valence-electron chi connectivity index (χ3n) is 3.05. The van der Waals surface area contributed by atoms with Crippen molar-refractivity contribution in [2.24, 2.45) is 5.92 Å². The molecule has 0 spiro atoms. The molecule has 0 aromatic heterocycles. The number of rotatable bonds is 5. The molecule has 1 atom stereocenters. The van der Waals surface area contributed by atoms with E-state index < -0.39 is 5.66 Å². The topological polar surface area (TPSA) is 34.1 Å². The SMILES string of the molecule is Cc1cc(C)c(C(=O)C(CC(C)C)P=O)c(C)c1. The van der Waals surface area contributed by atoms with Crippen LogP contribution in [0.2, 0.25) is 0 Å². The van der Waals surface area contributed by atoms with Crippen LogP contribution in [0.3, 0.4) is 0 Å². The van der Waals surface area contributed by atoms with Crippen LogP contribution in [0.1, 0.15) is 47.3 Å². The minimum absolute atomic E-state index is 0.00960. The normalized spacial score (nSPS) is 13.0. The van der Waals surface area contributed by atoms with Crippen molar-refractivity contribution < 1.29 is 9.36 Å². The third-order valence-corrected chi connectivity index (χ3v) is 3.75. The van der Waals surface area contributed by atoms with Gasteiger partial charge in [0, 0.05) is 5.56 Å². The van der Waals surface area contributed by atoms with Gasteiger partial charge in [-0.1, -0.05) is 31.5 Å². The molecule has 0 heterocycles. The van der Waals surface area contributed by atoms with Gasteiger partial charge >= 0.3 is 0 Å². The highest BCUT2D eigenvalue weighted by molar-refractivity contribution is 7.26. The quantitative estimate of drug-likeness (QED) is 0.579. The number of carbonyl (C=O) groups is 1. The highest BCUT2D eigenvalue weighted by Gasteiger charge is 2.24. The molecular weight excluding hydrogens is 243 g/mol. The van der Waals surface area contributed by atoms with Crippen LogP contribution in [-0.2, 0) is 4.57 Å². The first-order valence-corrected chi connectivity index (χ1v) is 7.19. The first-order chi connectivity index (χ1) is 8.36. The van der Waals surface area contributed by atoms with E-state index in [0.717, 1.165) is 22.3 Å². The monoisotopic (exact) mass is 264 g/mol. The van der Waals surface area contributed by atoms with Gasteiger partial charge in [-0.15, -0.1) is 0 Å². The zero-order valence-corrected chi connectivity index (χ0v) is 12.7. The Labute approximate surface area is 111 Å². The van der Waals surface area contributed by atoms with Crippen LogP contribution < -0.4 is 0 Å². The predicted octanol–water partition coefficient (Wildman–Crippen LogP) is 4.50. The molecule has 1 rings (SSSR count). The molecule has 0 radical (unpaired) electrons. The average Bonchev–Trinajstić information content (AvgIpc) is 2.23. The molecule has 98 valence electrons. The molecule has 0 amide bonds. The number of hydrogen-bond donors (Lipinski definition) is 0. The summed E-state index contributed by atoms with van der Waals surface area (Å²) in [7, 11) is -0.0694. The van der Waals surface area contributed by atoms with Gasteiger partial charge in [0.2, 0.25) is 0 Å². The average molecular weight is 264 g/mol. The van der Waals surface area contributed by atoms with Crippen LogP contribution >= 0.6 is 8.46 Å². The number of Topliss-reactive ketones (excluding diaryl/α,β-unsaturated/α-hetero) is 1. The minimum atomic E-state index is -0.412. The fraction of sp³-hybridized carbons (Fsp3) is 0.533. The van der Waals surface area contributed by atoms with E-state index in [-0.39, 0.29) is 14.2 Å². The van der Waals surface area contributed by atoms with Gasteiger partial charge in [-0.05, 0) is 44.2 Å². The number of hydrogen-bond acceptors (Lipinski definition) is 2. The van der Waals surface area contributed by atoms with E-state index in [9.17, 15) is 9.36 Å². The van der Waals surface area contributed by atoms with Crippen molar-refractivity contribution in [2.45, 2.75) is 46.7 Å². The van der Waals surface area contributed by atoms with E-state index in [1.807, 2.05) is 46.8 Å². The molecule has 0 saturated carbocycles. The molecule has 3 heteroatoms. The Hall–Kier alpha value is -1.01.